The predicted octanol–water partition coefficient (Wildman–Crippen LogP) is 2.97. The van der Waals surface area contributed by atoms with Crippen molar-refractivity contribution in [3.05, 3.63) is 36.4 Å². The average molecular weight is 628 g/mol. The fraction of sp³-hybridized carbons (Fsp3) is 0.280. The normalized spacial score (nSPS) is 12.8. The summed E-state index contributed by atoms with van der Waals surface area (Å²) in [7, 11) is -15.0. The van der Waals surface area contributed by atoms with Crippen LogP contribution in [0.4, 0.5) is 0 Å². The Morgan fingerprint density at radius 1 is 0.707 bits per heavy atom. The monoisotopic (exact) mass is 627 g/mol. The van der Waals surface area contributed by atoms with Crippen LogP contribution in [-0.4, -0.2) is 63.8 Å². The van der Waals surface area contributed by atoms with Crippen LogP contribution in [0.2, 0.25) is 0 Å². The molecule has 41 heavy (non-hydrogen) atoms. The second-order valence-electron chi connectivity index (χ2n) is 9.39. The number of Topliss-reactive ketones (excluding diaryl/α,β-unsaturated/α-hetero) is 1. The zero-order valence-electron chi connectivity index (χ0n) is 21.4. The van der Waals surface area contributed by atoms with Gasteiger partial charge in [0.25, 0.3) is 36.3 Å². The van der Waals surface area contributed by atoms with E-state index < -0.39 is 57.6 Å². The topological polar surface area (TPSA) is 219 Å². The summed E-state index contributed by atoms with van der Waals surface area (Å²) >= 11 is 0. The predicted molar refractivity (Wildman–Crippen MR) is 147 cm³/mol. The number of ketones is 1. The number of unbranched alkanes of at least 4 members (excludes halogenated alkanes) is 2. The summed E-state index contributed by atoms with van der Waals surface area (Å²) in [6, 6.07) is 6.26. The van der Waals surface area contributed by atoms with Crippen molar-refractivity contribution in [2.24, 2.45) is 0 Å². The zero-order chi connectivity index (χ0) is 30.3. The van der Waals surface area contributed by atoms with Gasteiger partial charge in [-0.3, -0.25) is 18.5 Å². The van der Waals surface area contributed by atoms with Gasteiger partial charge in [0.1, 0.15) is 26.2 Å². The highest BCUT2D eigenvalue weighted by Crippen LogP contribution is 2.45. The summed E-state index contributed by atoms with van der Waals surface area (Å²) in [5, 5.41) is 1.91. The number of carbonyl (C=O) groups is 2. The summed E-state index contributed by atoms with van der Waals surface area (Å²) in [6.07, 6.45) is 2.46. The lowest BCUT2D eigenvalue weighted by atomic mass is 9.93. The molecule has 4 N–H and O–H groups in total. The first-order valence-electron chi connectivity index (χ1n) is 12.1. The highest BCUT2D eigenvalue weighted by atomic mass is 32.2. The molecule has 0 aliphatic heterocycles. The molecule has 1 amide bonds. The van der Waals surface area contributed by atoms with Crippen LogP contribution in [0.15, 0.2) is 51.1 Å². The molecule has 0 aliphatic carbocycles. The maximum absolute atomic E-state index is 12.4. The highest BCUT2D eigenvalue weighted by Gasteiger charge is 2.28. The molecule has 0 spiro atoms. The molecule has 4 aromatic carbocycles. The molecule has 0 saturated heterocycles. The Hall–Kier alpha value is -3.41. The summed E-state index contributed by atoms with van der Waals surface area (Å²) in [5.74, 6) is -0.576. The van der Waals surface area contributed by atoms with E-state index in [2.05, 4.69) is 5.32 Å². The van der Waals surface area contributed by atoms with Crippen molar-refractivity contribution in [3.63, 3.8) is 0 Å². The fourth-order valence-electron chi connectivity index (χ4n) is 4.73. The Balaban J connectivity index is 1.86. The molecule has 0 aliphatic rings. The van der Waals surface area contributed by atoms with Gasteiger partial charge < -0.3 is 14.8 Å². The Bertz CT molecular complexity index is 2020. The molecule has 0 unspecified atom stereocenters. The van der Waals surface area contributed by atoms with Gasteiger partial charge in [-0.2, -0.15) is 25.3 Å². The molecule has 0 heterocycles. The van der Waals surface area contributed by atoms with Crippen LogP contribution in [0, 0.1) is 0 Å². The van der Waals surface area contributed by atoms with Crippen LogP contribution in [-0.2, 0) is 39.9 Å². The van der Waals surface area contributed by atoms with Crippen LogP contribution in [0.5, 0.6) is 5.75 Å². The van der Waals surface area contributed by atoms with Crippen molar-refractivity contribution < 1.29 is 53.2 Å². The number of rotatable bonds is 12. The number of amides is 1. The Morgan fingerprint density at radius 2 is 1.24 bits per heavy atom. The van der Waals surface area contributed by atoms with Gasteiger partial charge in [-0.1, -0.05) is 18.6 Å². The maximum Gasteiger partial charge on any atom is 0.295 e. The summed E-state index contributed by atoms with van der Waals surface area (Å²) < 4.78 is 108. The van der Waals surface area contributed by atoms with E-state index in [-0.39, 0.29) is 43.9 Å². The van der Waals surface area contributed by atoms with Crippen molar-refractivity contribution in [1.29, 1.82) is 0 Å². The van der Waals surface area contributed by atoms with Crippen molar-refractivity contribution in [2.75, 3.05) is 13.2 Å². The van der Waals surface area contributed by atoms with Gasteiger partial charge in [0.05, 0.1) is 0 Å². The Morgan fingerprint density at radius 3 is 1.83 bits per heavy atom. The van der Waals surface area contributed by atoms with E-state index in [1.54, 1.807) is 0 Å². The summed E-state index contributed by atoms with van der Waals surface area (Å²) in [6.45, 7) is 1.25. The third-order valence-electron chi connectivity index (χ3n) is 6.47. The van der Waals surface area contributed by atoms with Crippen molar-refractivity contribution in [2.45, 2.75) is 47.3 Å². The van der Waals surface area contributed by atoms with Crippen LogP contribution >= 0.6 is 0 Å². The van der Waals surface area contributed by atoms with Crippen LogP contribution in [0.1, 0.15) is 32.6 Å². The molecular formula is C25H25NO12S3. The molecule has 0 radical (unpaired) electrons. The van der Waals surface area contributed by atoms with Gasteiger partial charge in [-0.15, -0.1) is 0 Å². The molecule has 4 rings (SSSR count). The van der Waals surface area contributed by atoms with E-state index in [9.17, 15) is 48.5 Å². The lowest BCUT2D eigenvalue weighted by Crippen LogP contribution is -2.29. The first-order chi connectivity index (χ1) is 19.0. The van der Waals surface area contributed by atoms with Gasteiger partial charge in [-0.25, -0.2) is 0 Å². The van der Waals surface area contributed by atoms with Gasteiger partial charge in [0, 0.05) is 45.3 Å². The van der Waals surface area contributed by atoms with E-state index in [1.165, 1.54) is 13.0 Å². The third kappa shape index (κ3) is 6.42. The van der Waals surface area contributed by atoms with Gasteiger partial charge >= 0.3 is 0 Å². The SMILES string of the molecule is CC(=O)CCCCCNC(=O)COc1cc2c(S(=O)(=O)O)cc(S(=O)(=O)O)c3ccc4c(S(=O)(=O)O)ccc1c4c32. The molecule has 13 nitrogen and oxygen atoms in total. The summed E-state index contributed by atoms with van der Waals surface area (Å²) in [5.41, 5.74) is 0. The summed E-state index contributed by atoms with van der Waals surface area (Å²) in [4.78, 5) is 21.0. The standard InChI is InChI=1S/C25H25NO12S3/c1-14(27)5-3-2-4-10-26-23(28)13-38-19-11-18-22(41(35,36)37)12-21(40(32,33)34)17-7-6-16-20(39(29,30)31)9-8-15(19)24(16)25(17)18/h6-9,11-12H,2-5,10,13H2,1H3,(H,26,28)(H,29,30,31)(H,32,33,34)(H,35,36,37). The second kappa shape index (κ2) is 11.1. The first-order valence-corrected chi connectivity index (χ1v) is 16.4. The molecule has 0 fully saturated rings. The van der Waals surface area contributed by atoms with E-state index in [0.717, 1.165) is 24.3 Å². The number of benzene rings is 4. The number of ether oxygens (including phenoxy) is 1. The Labute approximate surface area is 235 Å². The van der Waals surface area contributed by atoms with E-state index in [0.29, 0.717) is 38.3 Å². The van der Waals surface area contributed by atoms with Crippen LogP contribution in [0.3, 0.4) is 0 Å². The smallest absolute Gasteiger partial charge is 0.295 e. The molecule has 220 valence electrons. The lowest BCUT2D eigenvalue weighted by Gasteiger charge is -2.19. The van der Waals surface area contributed by atoms with Crippen molar-refractivity contribution in [3.8, 4) is 5.75 Å². The third-order valence-corrected chi connectivity index (χ3v) is 9.16. The minimum atomic E-state index is -5.12. The number of hydrogen-bond acceptors (Lipinski definition) is 9. The zero-order valence-corrected chi connectivity index (χ0v) is 23.9. The fourth-order valence-corrected chi connectivity index (χ4v) is 6.91. The van der Waals surface area contributed by atoms with Crippen molar-refractivity contribution in [1.82, 2.24) is 5.32 Å². The molecule has 0 saturated carbocycles. The minimum absolute atomic E-state index is 0.0635. The van der Waals surface area contributed by atoms with E-state index in [4.69, 9.17) is 4.74 Å². The molecule has 4 aromatic rings. The quantitative estimate of drug-likeness (QED) is 0.101. The van der Waals surface area contributed by atoms with Crippen molar-refractivity contribution >= 4 is 74.4 Å². The minimum Gasteiger partial charge on any atom is -0.483 e. The van der Waals surface area contributed by atoms with Crippen LogP contribution < -0.4 is 10.1 Å². The van der Waals surface area contributed by atoms with Gasteiger partial charge in [0.2, 0.25) is 0 Å². The van der Waals surface area contributed by atoms with Gasteiger partial charge in [-0.05, 0) is 44.0 Å². The van der Waals surface area contributed by atoms with Gasteiger partial charge in [0.15, 0.2) is 6.61 Å². The molecule has 0 aromatic heterocycles. The van der Waals surface area contributed by atoms with E-state index in [1.807, 2.05) is 0 Å². The molecule has 0 atom stereocenters. The number of carbonyl (C=O) groups excluding carboxylic acids is 2. The van der Waals surface area contributed by atoms with Crippen LogP contribution in [0.25, 0.3) is 32.3 Å². The first kappa shape index (κ1) is 30.5. The van der Waals surface area contributed by atoms with E-state index >= 15 is 0 Å². The number of hydrogen-bond donors (Lipinski definition) is 4. The largest absolute Gasteiger partial charge is 0.483 e. The lowest BCUT2D eigenvalue weighted by molar-refractivity contribution is -0.123. The molecular weight excluding hydrogens is 602 g/mol. The highest BCUT2D eigenvalue weighted by molar-refractivity contribution is 7.87. The Kier molecular flexibility index (Phi) is 8.28. The average Bonchev–Trinajstić information content (AvgIpc) is 2.85. The molecule has 16 heteroatoms. The second-order valence-corrected chi connectivity index (χ2v) is 13.6. The molecule has 0 bridgehead atoms. The maximum atomic E-state index is 12.4. The number of nitrogens with one attached hydrogen (secondary N) is 1.